The number of amides is 2. The van der Waals surface area contributed by atoms with E-state index in [0.29, 0.717) is 17.1 Å². The first-order valence-corrected chi connectivity index (χ1v) is 9.63. The second kappa shape index (κ2) is 8.50. The van der Waals surface area contributed by atoms with Gasteiger partial charge in [-0.3, -0.25) is 9.59 Å². The van der Waals surface area contributed by atoms with Gasteiger partial charge in [-0.1, -0.05) is 35.3 Å². The van der Waals surface area contributed by atoms with Crippen LogP contribution in [-0.4, -0.2) is 26.8 Å². The normalized spacial score (nSPS) is 11.0. The Hall–Kier alpha value is -2.13. The number of halogens is 2. The van der Waals surface area contributed by atoms with E-state index in [-0.39, 0.29) is 16.5 Å². The van der Waals surface area contributed by atoms with Crippen LogP contribution >= 0.6 is 23.2 Å². The molecule has 2 aromatic carbocycles. The third kappa shape index (κ3) is 5.70. The van der Waals surface area contributed by atoms with Gasteiger partial charge < -0.3 is 10.6 Å². The summed E-state index contributed by atoms with van der Waals surface area (Å²) < 4.78 is 22.3. The maximum atomic E-state index is 11.8. The Kier molecular flexibility index (Phi) is 6.60. The largest absolute Gasteiger partial charge is 0.347 e. The number of primary sulfonamides is 1. The summed E-state index contributed by atoms with van der Waals surface area (Å²) in [6, 6.07) is 10.4. The number of hydrogen-bond donors (Lipinski definition) is 3. The van der Waals surface area contributed by atoms with Crippen LogP contribution in [0.2, 0.25) is 10.0 Å². The Morgan fingerprint density at radius 2 is 1.62 bits per heavy atom. The number of hydrogen-bond acceptors (Lipinski definition) is 4. The SMILES string of the molecule is NS(=O)(=O)c1ccc(CCNC(=O)C(=O)Nc2ccc(Cl)c(Cl)c2)cc1. The molecule has 10 heteroatoms. The van der Waals surface area contributed by atoms with E-state index < -0.39 is 21.8 Å². The Morgan fingerprint density at radius 3 is 2.19 bits per heavy atom. The molecular weight excluding hydrogens is 401 g/mol. The summed E-state index contributed by atoms with van der Waals surface area (Å²) in [6.45, 7) is 0.197. The van der Waals surface area contributed by atoms with E-state index in [1.165, 1.54) is 30.3 Å². The van der Waals surface area contributed by atoms with E-state index in [1.54, 1.807) is 12.1 Å². The van der Waals surface area contributed by atoms with Crippen molar-refractivity contribution in [2.24, 2.45) is 5.14 Å². The van der Waals surface area contributed by atoms with Crippen molar-refractivity contribution in [3.63, 3.8) is 0 Å². The minimum Gasteiger partial charge on any atom is -0.347 e. The fourth-order valence-corrected chi connectivity index (χ4v) is 2.82. The Balaban J connectivity index is 1.84. The smallest absolute Gasteiger partial charge is 0.313 e. The van der Waals surface area contributed by atoms with Crippen LogP contribution in [0.3, 0.4) is 0 Å². The van der Waals surface area contributed by atoms with Gasteiger partial charge in [0.2, 0.25) is 10.0 Å². The summed E-state index contributed by atoms with van der Waals surface area (Å²) in [6.07, 6.45) is 0.413. The molecule has 2 amide bonds. The quantitative estimate of drug-likeness (QED) is 0.646. The van der Waals surface area contributed by atoms with Crippen molar-refractivity contribution in [3.8, 4) is 0 Å². The maximum Gasteiger partial charge on any atom is 0.313 e. The third-order valence-corrected chi connectivity index (χ3v) is 5.00. The van der Waals surface area contributed by atoms with Crippen molar-refractivity contribution in [1.82, 2.24) is 5.32 Å². The van der Waals surface area contributed by atoms with Crippen LogP contribution in [0.1, 0.15) is 5.56 Å². The number of carbonyl (C=O) groups is 2. The molecule has 0 aliphatic carbocycles. The minimum atomic E-state index is -3.74. The third-order valence-electron chi connectivity index (χ3n) is 3.33. The van der Waals surface area contributed by atoms with Crippen molar-refractivity contribution < 1.29 is 18.0 Å². The van der Waals surface area contributed by atoms with E-state index in [1.807, 2.05) is 0 Å². The second-order valence-corrected chi connectivity index (χ2v) is 7.65. The average molecular weight is 416 g/mol. The molecule has 0 radical (unpaired) electrons. The van der Waals surface area contributed by atoms with E-state index in [9.17, 15) is 18.0 Å². The molecule has 26 heavy (non-hydrogen) atoms. The van der Waals surface area contributed by atoms with Gasteiger partial charge in [0.1, 0.15) is 0 Å². The lowest BCUT2D eigenvalue weighted by Crippen LogP contribution is -2.36. The van der Waals surface area contributed by atoms with Crippen LogP contribution in [0.15, 0.2) is 47.4 Å². The van der Waals surface area contributed by atoms with Gasteiger partial charge in [0, 0.05) is 12.2 Å². The molecular formula is C16H15Cl2N3O4S. The van der Waals surface area contributed by atoms with Gasteiger partial charge in [0.25, 0.3) is 0 Å². The highest BCUT2D eigenvalue weighted by Gasteiger charge is 2.14. The molecule has 0 saturated carbocycles. The zero-order valence-electron chi connectivity index (χ0n) is 13.3. The van der Waals surface area contributed by atoms with Crippen LogP contribution in [-0.2, 0) is 26.0 Å². The van der Waals surface area contributed by atoms with Gasteiger partial charge >= 0.3 is 11.8 Å². The van der Waals surface area contributed by atoms with Crippen molar-refractivity contribution in [1.29, 1.82) is 0 Å². The lowest BCUT2D eigenvalue weighted by molar-refractivity contribution is -0.136. The first-order chi connectivity index (χ1) is 12.2. The lowest BCUT2D eigenvalue weighted by Gasteiger charge is -2.08. The molecule has 4 N–H and O–H groups in total. The predicted molar refractivity (Wildman–Crippen MR) is 99.6 cm³/mol. The van der Waals surface area contributed by atoms with Crippen LogP contribution in [0, 0.1) is 0 Å². The first-order valence-electron chi connectivity index (χ1n) is 7.33. The fourth-order valence-electron chi connectivity index (χ4n) is 2.01. The molecule has 138 valence electrons. The molecule has 0 aliphatic rings. The molecule has 0 unspecified atom stereocenters. The van der Waals surface area contributed by atoms with Crippen molar-refractivity contribution in [3.05, 3.63) is 58.1 Å². The predicted octanol–water partition coefficient (Wildman–Crippen LogP) is 1.94. The van der Waals surface area contributed by atoms with E-state index >= 15 is 0 Å². The Bertz CT molecular complexity index is 931. The van der Waals surface area contributed by atoms with E-state index in [4.69, 9.17) is 28.3 Å². The zero-order chi connectivity index (χ0) is 19.3. The number of nitrogens with one attached hydrogen (secondary N) is 2. The van der Waals surface area contributed by atoms with Gasteiger partial charge in [0.15, 0.2) is 0 Å². The van der Waals surface area contributed by atoms with E-state index in [0.717, 1.165) is 5.56 Å². The summed E-state index contributed by atoms with van der Waals surface area (Å²) in [5.41, 5.74) is 1.13. The van der Waals surface area contributed by atoms with Gasteiger partial charge in [-0.2, -0.15) is 0 Å². The van der Waals surface area contributed by atoms with Crippen LogP contribution in [0.5, 0.6) is 0 Å². The second-order valence-electron chi connectivity index (χ2n) is 5.28. The standard InChI is InChI=1S/C16H15Cl2N3O4S/c17-13-6-3-11(9-14(13)18)21-16(23)15(22)20-8-7-10-1-4-12(5-2-10)26(19,24)25/h1-6,9H,7-8H2,(H,20,22)(H,21,23)(H2,19,24,25). The number of anilines is 1. The highest BCUT2D eigenvalue weighted by atomic mass is 35.5. The first kappa shape index (κ1) is 20.2. The molecule has 0 heterocycles. The number of nitrogens with two attached hydrogens (primary N) is 1. The number of carbonyl (C=O) groups excluding carboxylic acids is 2. The summed E-state index contributed by atoms with van der Waals surface area (Å²) in [5, 5.41) is 10.5. The lowest BCUT2D eigenvalue weighted by atomic mass is 10.1. The molecule has 0 bridgehead atoms. The molecule has 2 rings (SSSR count). The summed E-state index contributed by atoms with van der Waals surface area (Å²) in [7, 11) is -3.74. The topological polar surface area (TPSA) is 118 Å². The minimum absolute atomic E-state index is 0.00582. The van der Waals surface area contributed by atoms with Gasteiger partial charge in [0.05, 0.1) is 14.9 Å². The molecule has 7 nitrogen and oxygen atoms in total. The van der Waals surface area contributed by atoms with Crippen molar-refractivity contribution in [2.45, 2.75) is 11.3 Å². The molecule has 0 aliphatic heterocycles. The molecule has 2 aromatic rings. The molecule has 0 saturated heterocycles. The average Bonchev–Trinajstić information content (AvgIpc) is 2.57. The van der Waals surface area contributed by atoms with Gasteiger partial charge in [-0.05, 0) is 42.3 Å². The Morgan fingerprint density at radius 1 is 0.962 bits per heavy atom. The monoisotopic (exact) mass is 415 g/mol. The Labute approximate surface area is 160 Å². The summed E-state index contributed by atoms with van der Waals surface area (Å²) in [5.74, 6) is -1.65. The van der Waals surface area contributed by atoms with Gasteiger partial charge in [-0.25, -0.2) is 13.6 Å². The molecule has 0 aromatic heterocycles. The van der Waals surface area contributed by atoms with Gasteiger partial charge in [-0.15, -0.1) is 0 Å². The summed E-state index contributed by atoms with van der Waals surface area (Å²) >= 11 is 11.6. The van der Waals surface area contributed by atoms with Crippen molar-refractivity contribution in [2.75, 3.05) is 11.9 Å². The van der Waals surface area contributed by atoms with E-state index in [2.05, 4.69) is 10.6 Å². The summed E-state index contributed by atoms with van der Waals surface area (Å²) in [4.78, 5) is 23.6. The number of benzene rings is 2. The molecule has 0 fully saturated rings. The fraction of sp³-hybridized carbons (Fsp3) is 0.125. The number of rotatable bonds is 5. The zero-order valence-corrected chi connectivity index (χ0v) is 15.7. The van der Waals surface area contributed by atoms with Crippen molar-refractivity contribution >= 4 is 50.7 Å². The maximum absolute atomic E-state index is 11.8. The van der Waals surface area contributed by atoms with Crippen LogP contribution in [0.25, 0.3) is 0 Å². The highest BCUT2D eigenvalue weighted by molar-refractivity contribution is 7.89. The van der Waals surface area contributed by atoms with Crippen LogP contribution < -0.4 is 15.8 Å². The van der Waals surface area contributed by atoms with Crippen LogP contribution in [0.4, 0.5) is 5.69 Å². The number of sulfonamides is 1. The molecule has 0 atom stereocenters. The highest BCUT2D eigenvalue weighted by Crippen LogP contribution is 2.24. The molecule has 0 spiro atoms.